The van der Waals surface area contributed by atoms with Crippen LogP contribution in [0.3, 0.4) is 0 Å². The van der Waals surface area contributed by atoms with Crippen LogP contribution in [0.5, 0.6) is 5.75 Å². The van der Waals surface area contributed by atoms with E-state index in [1.54, 1.807) is 7.11 Å². The van der Waals surface area contributed by atoms with Gasteiger partial charge in [0.1, 0.15) is 11.6 Å². The zero-order valence-electron chi connectivity index (χ0n) is 11.1. The first kappa shape index (κ1) is 12.6. The summed E-state index contributed by atoms with van der Waals surface area (Å²) in [4.78, 5) is 4.64. The summed E-state index contributed by atoms with van der Waals surface area (Å²) in [7, 11) is 3.70. The highest BCUT2D eigenvalue weighted by Gasteiger charge is 2.15. The fraction of sp³-hybridized carbons (Fsp3) is 0.357. The molecule has 1 aromatic carbocycles. The summed E-state index contributed by atoms with van der Waals surface area (Å²) in [5.74, 6) is 1.76. The van der Waals surface area contributed by atoms with E-state index >= 15 is 0 Å². The third-order valence-corrected chi connectivity index (χ3v) is 3.14. The van der Waals surface area contributed by atoms with Crippen molar-refractivity contribution in [2.75, 3.05) is 13.7 Å². The Morgan fingerprint density at radius 1 is 1.33 bits per heavy atom. The minimum Gasteiger partial charge on any atom is -0.496 e. The van der Waals surface area contributed by atoms with Crippen molar-refractivity contribution in [3.05, 3.63) is 35.7 Å². The lowest BCUT2D eigenvalue weighted by molar-refractivity contribution is 0.416. The molecule has 0 spiro atoms. The number of para-hydroxylation sites is 1. The highest BCUT2D eigenvalue weighted by molar-refractivity contribution is 5.65. The lowest BCUT2D eigenvalue weighted by Crippen LogP contribution is -2.08. The van der Waals surface area contributed by atoms with Crippen molar-refractivity contribution < 1.29 is 4.74 Å². The molecule has 0 unspecified atom stereocenters. The summed E-state index contributed by atoms with van der Waals surface area (Å²) >= 11 is 0. The number of aryl methyl sites for hydroxylation is 1. The number of rotatable bonds is 4. The predicted octanol–water partition coefficient (Wildman–Crippen LogP) is 1.91. The fourth-order valence-electron chi connectivity index (χ4n) is 2.22. The van der Waals surface area contributed by atoms with Gasteiger partial charge in [0.05, 0.1) is 18.4 Å². The number of benzene rings is 1. The van der Waals surface area contributed by atoms with Crippen LogP contribution in [0.15, 0.2) is 24.3 Å². The molecule has 2 rings (SSSR count). The minimum atomic E-state index is 0.631. The average molecular weight is 245 g/mol. The van der Waals surface area contributed by atoms with Crippen molar-refractivity contribution in [2.45, 2.75) is 13.3 Å². The number of ether oxygens (including phenoxy) is 1. The highest BCUT2D eigenvalue weighted by Crippen LogP contribution is 2.29. The third-order valence-electron chi connectivity index (χ3n) is 3.14. The fourth-order valence-corrected chi connectivity index (χ4v) is 2.22. The largest absolute Gasteiger partial charge is 0.496 e. The molecule has 0 aliphatic carbocycles. The molecule has 0 bridgehead atoms. The van der Waals surface area contributed by atoms with E-state index in [2.05, 4.69) is 9.55 Å². The molecule has 2 aromatic rings. The molecular weight excluding hydrogens is 226 g/mol. The van der Waals surface area contributed by atoms with Crippen molar-refractivity contribution in [3.63, 3.8) is 0 Å². The van der Waals surface area contributed by atoms with Gasteiger partial charge in [-0.25, -0.2) is 4.98 Å². The summed E-state index contributed by atoms with van der Waals surface area (Å²) in [6, 6.07) is 7.91. The van der Waals surface area contributed by atoms with E-state index in [9.17, 15) is 0 Å². The van der Waals surface area contributed by atoms with Crippen LogP contribution < -0.4 is 10.5 Å². The number of methoxy groups -OCH3 is 1. The number of hydrogen-bond acceptors (Lipinski definition) is 3. The summed E-state index contributed by atoms with van der Waals surface area (Å²) in [6.45, 7) is 2.65. The van der Waals surface area contributed by atoms with Crippen LogP contribution in [0.1, 0.15) is 11.4 Å². The van der Waals surface area contributed by atoms with Gasteiger partial charge in [-0.3, -0.25) is 0 Å². The second kappa shape index (κ2) is 5.23. The van der Waals surface area contributed by atoms with Gasteiger partial charge < -0.3 is 15.0 Å². The Morgan fingerprint density at radius 2 is 2.06 bits per heavy atom. The summed E-state index contributed by atoms with van der Waals surface area (Å²) in [5.41, 5.74) is 8.86. The second-order valence-electron chi connectivity index (χ2n) is 4.27. The molecule has 0 saturated heterocycles. The molecule has 0 saturated carbocycles. The van der Waals surface area contributed by atoms with Gasteiger partial charge in [0.25, 0.3) is 0 Å². The lowest BCUT2D eigenvalue weighted by atomic mass is 10.2. The van der Waals surface area contributed by atoms with Crippen LogP contribution in [0.25, 0.3) is 11.4 Å². The van der Waals surface area contributed by atoms with Gasteiger partial charge in [-0.15, -0.1) is 0 Å². The maximum absolute atomic E-state index is 5.64. The van der Waals surface area contributed by atoms with Gasteiger partial charge in [-0.2, -0.15) is 0 Å². The van der Waals surface area contributed by atoms with Crippen LogP contribution in [-0.4, -0.2) is 23.2 Å². The monoisotopic (exact) mass is 245 g/mol. The number of hydrogen-bond donors (Lipinski definition) is 1. The maximum Gasteiger partial charge on any atom is 0.143 e. The molecular formula is C14H19N3O. The minimum absolute atomic E-state index is 0.631. The van der Waals surface area contributed by atoms with Crippen LogP contribution >= 0.6 is 0 Å². The topological polar surface area (TPSA) is 53.1 Å². The normalized spacial score (nSPS) is 10.7. The molecule has 0 aliphatic heterocycles. The first-order valence-corrected chi connectivity index (χ1v) is 6.04. The van der Waals surface area contributed by atoms with Crippen molar-refractivity contribution in [2.24, 2.45) is 12.8 Å². The Kier molecular flexibility index (Phi) is 3.67. The number of nitrogens with two attached hydrogens (primary N) is 1. The molecule has 96 valence electrons. The molecule has 0 amide bonds. The summed E-state index contributed by atoms with van der Waals surface area (Å²) in [5, 5.41) is 0. The summed E-state index contributed by atoms with van der Waals surface area (Å²) in [6.07, 6.45) is 0.838. The highest BCUT2D eigenvalue weighted by atomic mass is 16.5. The molecule has 0 atom stereocenters. The number of imidazole rings is 1. The molecule has 0 fully saturated rings. The number of aromatic nitrogens is 2. The Balaban J connectivity index is 2.54. The zero-order chi connectivity index (χ0) is 13.1. The molecule has 4 nitrogen and oxygen atoms in total. The average Bonchev–Trinajstić information content (AvgIpc) is 2.67. The molecule has 0 radical (unpaired) electrons. The smallest absolute Gasteiger partial charge is 0.143 e. The Bertz CT molecular complexity index is 546. The second-order valence-corrected chi connectivity index (χ2v) is 4.27. The van der Waals surface area contributed by atoms with Gasteiger partial charge in [0.15, 0.2) is 0 Å². The third kappa shape index (κ3) is 2.11. The Labute approximate surface area is 107 Å². The van der Waals surface area contributed by atoms with Crippen LogP contribution in [0.2, 0.25) is 0 Å². The van der Waals surface area contributed by atoms with Crippen molar-refractivity contribution in [1.82, 2.24) is 9.55 Å². The van der Waals surface area contributed by atoms with E-state index in [-0.39, 0.29) is 0 Å². The molecule has 18 heavy (non-hydrogen) atoms. The van der Waals surface area contributed by atoms with Crippen LogP contribution in [-0.2, 0) is 13.5 Å². The van der Waals surface area contributed by atoms with Crippen molar-refractivity contribution in [1.29, 1.82) is 0 Å². The SMILES string of the molecule is COc1ccccc1-c1nc(C)c(CCN)n1C. The first-order valence-electron chi connectivity index (χ1n) is 6.04. The predicted molar refractivity (Wildman–Crippen MR) is 72.7 cm³/mol. The van der Waals surface area contributed by atoms with Gasteiger partial charge in [-0.05, 0) is 25.6 Å². The van der Waals surface area contributed by atoms with E-state index in [4.69, 9.17) is 10.5 Å². The van der Waals surface area contributed by atoms with Gasteiger partial charge in [-0.1, -0.05) is 12.1 Å². The molecule has 4 heteroatoms. The number of nitrogens with zero attached hydrogens (tertiary/aromatic N) is 2. The maximum atomic E-state index is 5.64. The Hall–Kier alpha value is -1.81. The lowest BCUT2D eigenvalue weighted by Gasteiger charge is -2.09. The van der Waals surface area contributed by atoms with E-state index < -0.39 is 0 Å². The van der Waals surface area contributed by atoms with Crippen LogP contribution in [0, 0.1) is 6.92 Å². The van der Waals surface area contributed by atoms with Gasteiger partial charge in [0, 0.05) is 19.2 Å². The molecule has 2 N–H and O–H groups in total. The molecule has 1 aromatic heterocycles. The molecule has 0 aliphatic rings. The summed E-state index contributed by atoms with van der Waals surface area (Å²) < 4.78 is 7.48. The van der Waals surface area contributed by atoms with E-state index in [0.717, 1.165) is 29.3 Å². The van der Waals surface area contributed by atoms with E-state index in [1.165, 1.54) is 5.69 Å². The van der Waals surface area contributed by atoms with Crippen molar-refractivity contribution >= 4 is 0 Å². The quantitative estimate of drug-likeness (QED) is 0.895. The van der Waals surface area contributed by atoms with E-state index in [1.807, 2.05) is 38.2 Å². The first-order chi connectivity index (χ1) is 8.69. The standard InChI is InChI=1S/C14H19N3O/c1-10-12(8-9-15)17(2)14(16-10)11-6-4-5-7-13(11)18-3/h4-7H,8-9,15H2,1-3H3. The molecule has 1 heterocycles. The van der Waals surface area contributed by atoms with E-state index in [0.29, 0.717) is 6.54 Å². The van der Waals surface area contributed by atoms with Crippen LogP contribution in [0.4, 0.5) is 0 Å². The van der Waals surface area contributed by atoms with Gasteiger partial charge in [0.2, 0.25) is 0 Å². The van der Waals surface area contributed by atoms with Crippen molar-refractivity contribution in [3.8, 4) is 17.1 Å². The van der Waals surface area contributed by atoms with Gasteiger partial charge >= 0.3 is 0 Å². The Morgan fingerprint density at radius 3 is 2.72 bits per heavy atom. The zero-order valence-corrected chi connectivity index (χ0v) is 11.1.